The maximum absolute atomic E-state index is 12.7. The second-order valence-corrected chi connectivity index (χ2v) is 8.63. The summed E-state index contributed by atoms with van der Waals surface area (Å²) in [6.07, 6.45) is 2.46. The Morgan fingerprint density at radius 1 is 1.17 bits per heavy atom. The van der Waals surface area contributed by atoms with Crippen molar-refractivity contribution in [1.29, 1.82) is 0 Å². The zero-order valence-corrected chi connectivity index (χ0v) is 17.5. The smallest absolute Gasteiger partial charge is 0.261 e. The van der Waals surface area contributed by atoms with Gasteiger partial charge >= 0.3 is 0 Å². The average molecular weight is 433 g/mol. The van der Waals surface area contributed by atoms with E-state index < -0.39 is 15.9 Å². The number of amides is 1. The minimum Gasteiger partial charge on any atom is -0.307 e. The summed E-state index contributed by atoms with van der Waals surface area (Å²) in [5, 5.41) is 7.43. The molecule has 0 saturated carbocycles. The normalized spacial score (nSPS) is 12.4. The Hall–Kier alpha value is -2.84. The predicted molar refractivity (Wildman–Crippen MR) is 114 cm³/mol. The summed E-state index contributed by atoms with van der Waals surface area (Å²) in [5.41, 5.74) is 0.556. The lowest BCUT2D eigenvalue weighted by atomic mass is 10.2. The van der Waals surface area contributed by atoms with Gasteiger partial charge in [-0.15, -0.1) is 0 Å². The Balaban J connectivity index is 1.82. The van der Waals surface area contributed by atoms with Crippen LogP contribution in [0.5, 0.6) is 0 Å². The minimum atomic E-state index is -3.88. The number of aromatic nitrogens is 2. The summed E-state index contributed by atoms with van der Waals surface area (Å²) in [7, 11) is -3.88. The van der Waals surface area contributed by atoms with Gasteiger partial charge in [0.1, 0.15) is 5.82 Å². The summed E-state index contributed by atoms with van der Waals surface area (Å²) in [6, 6.07) is 14.0. The Labute approximate surface area is 174 Å². The van der Waals surface area contributed by atoms with E-state index in [2.05, 4.69) is 15.1 Å². The largest absolute Gasteiger partial charge is 0.307 e. The zero-order chi connectivity index (χ0) is 21.0. The van der Waals surface area contributed by atoms with Crippen LogP contribution in [0.2, 0.25) is 5.02 Å². The number of anilines is 2. The molecule has 0 aliphatic heterocycles. The SMILES string of the molecule is CCC(C)n1nccc1NC(=O)c1cccc(S(=O)(=O)Nc2cccc(Cl)c2)c1. The quantitative estimate of drug-likeness (QED) is 0.572. The third-order valence-electron chi connectivity index (χ3n) is 4.40. The highest BCUT2D eigenvalue weighted by molar-refractivity contribution is 7.92. The van der Waals surface area contributed by atoms with E-state index in [1.54, 1.807) is 41.2 Å². The Morgan fingerprint density at radius 3 is 2.66 bits per heavy atom. The number of nitrogens with one attached hydrogen (secondary N) is 2. The Morgan fingerprint density at radius 2 is 1.93 bits per heavy atom. The molecule has 2 aromatic carbocycles. The lowest BCUT2D eigenvalue weighted by Gasteiger charge is -2.14. The van der Waals surface area contributed by atoms with Crippen LogP contribution in [0.25, 0.3) is 0 Å². The molecule has 3 aromatic rings. The molecule has 0 aliphatic rings. The second kappa shape index (κ2) is 8.67. The number of rotatable bonds is 7. The molecule has 9 heteroatoms. The highest BCUT2D eigenvalue weighted by Gasteiger charge is 2.18. The fourth-order valence-electron chi connectivity index (χ4n) is 2.70. The van der Waals surface area contributed by atoms with E-state index >= 15 is 0 Å². The van der Waals surface area contributed by atoms with E-state index in [0.29, 0.717) is 16.5 Å². The molecule has 0 spiro atoms. The van der Waals surface area contributed by atoms with Crippen LogP contribution in [-0.2, 0) is 10.0 Å². The van der Waals surface area contributed by atoms with E-state index in [-0.39, 0.29) is 16.5 Å². The van der Waals surface area contributed by atoms with Gasteiger partial charge in [-0.25, -0.2) is 13.1 Å². The molecule has 3 rings (SSSR count). The summed E-state index contributed by atoms with van der Waals surface area (Å²) in [5.74, 6) is 0.129. The summed E-state index contributed by atoms with van der Waals surface area (Å²) < 4.78 is 29.6. The van der Waals surface area contributed by atoms with Crippen LogP contribution >= 0.6 is 11.6 Å². The van der Waals surface area contributed by atoms with E-state index in [0.717, 1.165) is 6.42 Å². The number of hydrogen-bond acceptors (Lipinski definition) is 4. The van der Waals surface area contributed by atoms with Crippen molar-refractivity contribution in [3.63, 3.8) is 0 Å². The molecule has 152 valence electrons. The van der Waals surface area contributed by atoms with Crippen LogP contribution in [-0.4, -0.2) is 24.1 Å². The summed E-state index contributed by atoms with van der Waals surface area (Å²) >= 11 is 5.90. The van der Waals surface area contributed by atoms with Crippen molar-refractivity contribution in [2.45, 2.75) is 31.2 Å². The Kier molecular flexibility index (Phi) is 6.24. The fraction of sp³-hybridized carbons (Fsp3) is 0.200. The van der Waals surface area contributed by atoms with Gasteiger partial charge in [-0.05, 0) is 49.7 Å². The monoisotopic (exact) mass is 432 g/mol. The first-order valence-electron chi connectivity index (χ1n) is 9.03. The van der Waals surface area contributed by atoms with Gasteiger partial charge in [0.05, 0.1) is 22.8 Å². The summed E-state index contributed by atoms with van der Waals surface area (Å²) in [6.45, 7) is 4.02. The molecule has 29 heavy (non-hydrogen) atoms. The molecule has 0 saturated heterocycles. The van der Waals surface area contributed by atoms with Crippen molar-refractivity contribution in [2.75, 3.05) is 10.0 Å². The molecule has 2 N–H and O–H groups in total. The number of halogens is 1. The van der Waals surface area contributed by atoms with Crippen molar-refractivity contribution >= 4 is 39.0 Å². The number of benzene rings is 2. The number of hydrogen-bond donors (Lipinski definition) is 2. The number of carbonyl (C=O) groups excluding carboxylic acids is 1. The van der Waals surface area contributed by atoms with E-state index in [1.165, 1.54) is 24.3 Å². The molecule has 0 radical (unpaired) electrons. The van der Waals surface area contributed by atoms with Gasteiger partial charge in [0.2, 0.25) is 0 Å². The third kappa shape index (κ3) is 4.96. The molecule has 1 unspecified atom stereocenters. The molecule has 0 aliphatic carbocycles. The maximum atomic E-state index is 12.7. The van der Waals surface area contributed by atoms with Gasteiger partial charge in [-0.2, -0.15) is 5.10 Å². The van der Waals surface area contributed by atoms with Crippen LogP contribution in [0.1, 0.15) is 36.7 Å². The molecule has 1 aromatic heterocycles. The van der Waals surface area contributed by atoms with Crippen LogP contribution in [0.4, 0.5) is 11.5 Å². The first-order chi connectivity index (χ1) is 13.8. The van der Waals surface area contributed by atoms with E-state index in [4.69, 9.17) is 11.6 Å². The van der Waals surface area contributed by atoms with Gasteiger partial charge in [0.25, 0.3) is 15.9 Å². The lowest BCUT2D eigenvalue weighted by molar-refractivity contribution is 0.102. The topological polar surface area (TPSA) is 93.1 Å². The molecule has 1 atom stereocenters. The molecular weight excluding hydrogens is 412 g/mol. The molecule has 0 bridgehead atoms. The molecule has 1 amide bonds. The van der Waals surface area contributed by atoms with Crippen LogP contribution in [0, 0.1) is 0 Å². The molecule has 0 fully saturated rings. The van der Waals surface area contributed by atoms with Gasteiger partial charge in [0.15, 0.2) is 0 Å². The van der Waals surface area contributed by atoms with Crippen molar-refractivity contribution in [3.05, 3.63) is 71.4 Å². The predicted octanol–water partition coefficient (Wildman–Crippen LogP) is 4.56. The maximum Gasteiger partial charge on any atom is 0.261 e. The first-order valence-corrected chi connectivity index (χ1v) is 10.9. The number of nitrogens with zero attached hydrogens (tertiary/aromatic N) is 2. The zero-order valence-electron chi connectivity index (χ0n) is 16.0. The van der Waals surface area contributed by atoms with E-state index in [1.807, 2.05) is 13.8 Å². The average Bonchev–Trinajstić information content (AvgIpc) is 3.15. The van der Waals surface area contributed by atoms with E-state index in [9.17, 15) is 13.2 Å². The molecule has 7 nitrogen and oxygen atoms in total. The lowest BCUT2D eigenvalue weighted by Crippen LogP contribution is -2.18. The summed E-state index contributed by atoms with van der Waals surface area (Å²) in [4.78, 5) is 12.6. The van der Waals surface area contributed by atoms with Crippen molar-refractivity contribution in [1.82, 2.24) is 9.78 Å². The Bertz CT molecular complexity index is 1130. The minimum absolute atomic E-state index is 0.0273. The van der Waals surface area contributed by atoms with Gasteiger partial charge < -0.3 is 5.32 Å². The molecular formula is C20H21ClN4O3S. The fourth-order valence-corrected chi connectivity index (χ4v) is 3.98. The van der Waals surface area contributed by atoms with Crippen LogP contribution < -0.4 is 10.0 Å². The van der Waals surface area contributed by atoms with Gasteiger partial charge in [-0.3, -0.25) is 9.52 Å². The molecule has 1 heterocycles. The van der Waals surface area contributed by atoms with Crippen molar-refractivity contribution < 1.29 is 13.2 Å². The standard InChI is InChI=1S/C20H21ClN4O3S/c1-3-14(2)25-19(10-11-22-25)23-20(26)15-6-4-9-18(12-15)29(27,28)24-17-8-5-7-16(21)13-17/h4-14,24H,3H2,1-2H3,(H,23,26). The van der Waals surface area contributed by atoms with Gasteiger partial charge in [-0.1, -0.05) is 30.7 Å². The van der Waals surface area contributed by atoms with Crippen molar-refractivity contribution in [2.24, 2.45) is 0 Å². The van der Waals surface area contributed by atoms with Gasteiger partial charge in [0, 0.05) is 16.7 Å². The number of carbonyl (C=O) groups is 1. The van der Waals surface area contributed by atoms with Crippen LogP contribution in [0.3, 0.4) is 0 Å². The first kappa shape index (κ1) is 20.9. The van der Waals surface area contributed by atoms with Crippen molar-refractivity contribution in [3.8, 4) is 0 Å². The second-order valence-electron chi connectivity index (χ2n) is 6.52. The highest BCUT2D eigenvalue weighted by atomic mass is 35.5. The van der Waals surface area contributed by atoms with Crippen LogP contribution in [0.15, 0.2) is 65.7 Å². The number of sulfonamides is 1. The highest BCUT2D eigenvalue weighted by Crippen LogP contribution is 2.21. The third-order valence-corrected chi connectivity index (χ3v) is 6.02.